The van der Waals surface area contributed by atoms with E-state index >= 15 is 0 Å². The maximum atomic E-state index is 12.9. The van der Waals surface area contributed by atoms with E-state index < -0.39 is 0 Å². The van der Waals surface area contributed by atoms with E-state index in [-0.39, 0.29) is 5.82 Å². The molecule has 3 rings (SSSR count). The third-order valence-corrected chi connectivity index (χ3v) is 3.19. The first-order valence-corrected chi connectivity index (χ1v) is 6.43. The van der Waals surface area contributed by atoms with Crippen LogP contribution in [0.25, 0.3) is 10.9 Å². The molecule has 0 fully saturated rings. The minimum Gasteiger partial charge on any atom is -0.457 e. The molecule has 0 aliphatic carbocycles. The summed E-state index contributed by atoms with van der Waals surface area (Å²) in [6, 6.07) is 12.0. The molecule has 0 amide bonds. The van der Waals surface area contributed by atoms with Gasteiger partial charge in [-0.3, -0.25) is 4.98 Å². The molecule has 3 aromatic rings. The molecule has 100 valence electrons. The van der Waals surface area contributed by atoms with Crippen molar-refractivity contribution in [1.29, 1.82) is 0 Å². The van der Waals surface area contributed by atoms with Gasteiger partial charge in [0.15, 0.2) is 0 Å². The molecule has 0 bridgehead atoms. The number of ether oxygens (including phenoxy) is 1. The summed E-state index contributed by atoms with van der Waals surface area (Å²) < 4.78 is 18.8. The van der Waals surface area contributed by atoms with E-state index in [9.17, 15) is 4.39 Å². The number of hydrogen-bond donors (Lipinski definition) is 0. The summed E-state index contributed by atoms with van der Waals surface area (Å²) in [4.78, 5) is 4.38. The third kappa shape index (κ3) is 2.35. The van der Waals surface area contributed by atoms with Crippen LogP contribution >= 0.6 is 0 Å². The Labute approximate surface area is 116 Å². The van der Waals surface area contributed by atoms with Crippen LogP contribution in [0, 0.1) is 19.7 Å². The fourth-order valence-corrected chi connectivity index (χ4v) is 2.35. The summed E-state index contributed by atoms with van der Waals surface area (Å²) in [5, 5.41) is 0.988. The van der Waals surface area contributed by atoms with Crippen molar-refractivity contribution >= 4 is 10.9 Å². The molecule has 2 nitrogen and oxygen atoms in total. The Hall–Kier alpha value is -2.42. The average molecular weight is 267 g/mol. The molecule has 0 aliphatic heterocycles. The van der Waals surface area contributed by atoms with Gasteiger partial charge in [0.2, 0.25) is 0 Å². The highest BCUT2D eigenvalue weighted by Gasteiger charge is 2.08. The molecule has 0 saturated carbocycles. The SMILES string of the molecule is Cc1cc(C)c2c(Oc3ccc(F)cc3)ccnc2c1. The monoisotopic (exact) mass is 267 g/mol. The molecule has 0 saturated heterocycles. The number of nitrogens with zero attached hydrogens (tertiary/aromatic N) is 1. The Balaban J connectivity index is 2.09. The molecule has 0 unspecified atom stereocenters. The Morgan fingerprint density at radius 2 is 1.75 bits per heavy atom. The van der Waals surface area contributed by atoms with Crippen LogP contribution < -0.4 is 4.74 Å². The highest BCUT2D eigenvalue weighted by molar-refractivity contribution is 5.88. The third-order valence-electron chi connectivity index (χ3n) is 3.19. The van der Waals surface area contributed by atoms with E-state index in [1.807, 2.05) is 26.0 Å². The number of rotatable bonds is 2. The summed E-state index contributed by atoms with van der Waals surface area (Å²) >= 11 is 0. The van der Waals surface area contributed by atoms with Gasteiger partial charge in [-0.05, 0) is 61.4 Å². The van der Waals surface area contributed by atoms with Crippen LogP contribution in [-0.2, 0) is 0 Å². The minimum absolute atomic E-state index is 0.274. The number of aromatic nitrogens is 1. The van der Waals surface area contributed by atoms with Crippen molar-refractivity contribution in [3.8, 4) is 11.5 Å². The van der Waals surface area contributed by atoms with Crippen molar-refractivity contribution in [3.05, 3.63) is 65.6 Å². The number of fused-ring (bicyclic) bond motifs is 1. The van der Waals surface area contributed by atoms with Gasteiger partial charge in [0.05, 0.1) is 5.52 Å². The van der Waals surface area contributed by atoms with Crippen LogP contribution in [0.5, 0.6) is 11.5 Å². The van der Waals surface area contributed by atoms with Gasteiger partial charge in [0, 0.05) is 11.6 Å². The van der Waals surface area contributed by atoms with E-state index in [1.54, 1.807) is 18.3 Å². The van der Waals surface area contributed by atoms with Gasteiger partial charge in [-0.1, -0.05) is 6.07 Å². The fourth-order valence-electron chi connectivity index (χ4n) is 2.35. The summed E-state index contributed by atoms with van der Waals surface area (Å²) in [6.07, 6.45) is 1.72. The standard InChI is InChI=1S/C17H14FNO/c1-11-9-12(2)17-15(10-11)19-8-7-16(17)20-14-5-3-13(18)4-6-14/h3-10H,1-2H3. The van der Waals surface area contributed by atoms with Gasteiger partial charge in [0.25, 0.3) is 0 Å². The van der Waals surface area contributed by atoms with Crippen molar-refractivity contribution in [1.82, 2.24) is 4.98 Å². The summed E-state index contributed by atoms with van der Waals surface area (Å²) in [7, 11) is 0. The van der Waals surface area contributed by atoms with Crippen molar-refractivity contribution < 1.29 is 9.13 Å². The molecule has 2 aromatic carbocycles. The molecule has 20 heavy (non-hydrogen) atoms. The Morgan fingerprint density at radius 1 is 1.00 bits per heavy atom. The Kier molecular flexibility index (Phi) is 3.11. The van der Waals surface area contributed by atoms with Crippen LogP contribution in [-0.4, -0.2) is 4.98 Å². The number of aryl methyl sites for hydroxylation is 2. The van der Waals surface area contributed by atoms with Crippen molar-refractivity contribution in [2.45, 2.75) is 13.8 Å². The summed E-state index contributed by atoms with van der Waals surface area (Å²) in [6.45, 7) is 4.08. The van der Waals surface area contributed by atoms with E-state index in [4.69, 9.17) is 4.74 Å². The van der Waals surface area contributed by atoms with Crippen molar-refractivity contribution in [2.24, 2.45) is 0 Å². The van der Waals surface area contributed by atoms with Gasteiger partial charge in [-0.2, -0.15) is 0 Å². The molecular formula is C17H14FNO. The van der Waals surface area contributed by atoms with Crippen LogP contribution in [0.3, 0.4) is 0 Å². The normalized spacial score (nSPS) is 10.8. The van der Waals surface area contributed by atoms with Gasteiger partial charge in [-0.25, -0.2) is 4.39 Å². The second kappa shape index (κ2) is 4.93. The fraction of sp³-hybridized carbons (Fsp3) is 0.118. The largest absolute Gasteiger partial charge is 0.457 e. The molecule has 0 N–H and O–H groups in total. The van der Waals surface area contributed by atoms with Crippen molar-refractivity contribution in [2.75, 3.05) is 0 Å². The molecule has 3 heteroatoms. The van der Waals surface area contributed by atoms with E-state index in [1.165, 1.54) is 17.7 Å². The maximum absolute atomic E-state index is 12.9. The molecule has 0 radical (unpaired) electrons. The number of benzene rings is 2. The van der Waals surface area contributed by atoms with Gasteiger partial charge < -0.3 is 4.74 Å². The van der Waals surface area contributed by atoms with E-state index in [0.29, 0.717) is 5.75 Å². The molecule has 0 spiro atoms. The lowest BCUT2D eigenvalue weighted by atomic mass is 10.1. The molecule has 0 atom stereocenters. The van der Waals surface area contributed by atoms with Crippen molar-refractivity contribution in [3.63, 3.8) is 0 Å². The first-order valence-electron chi connectivity index (χ1n) is 6.43. The lowest BCUT2D eigenvalue weighted by Crippen LogP contribution is -1.91. The zero-order valence-electron chi connectivity index (χ0n) is 11.4. The van der Waals surface area contributed by atoms with E-state index in [2.05, 4.69) is 11.1 Å². The Morgan fingerprint density at radius 3 is 2.50 bits per heavy atom. The summed E-state index contributed by atoms with van der Waals surface area (Å²) in [5.74, 6) is 1.07. The maximum Gasteiger partial charge on any atom is 0.138 e. The Bertz CT molecular complexity index is 766. The van der Waals surface area contributed by atoms with Crippen LogP contribution in [0.2, 0.25) is 0 Å². The number of halogens is 1. The predicted octanol–water partition coefficient (Wildman–Crippen LogP) is 4.78. The van der Waals surface area contributed by atoms with Crippen LogP contribution in [0.1, 0.15) is 11.1 Å². The average Bonchev–Trinajstić information content (AvgIpc) is 2.41. The predicted molar refractivity (Wildman–Crippen MR) is 77.7 cm³/mol. The molecular weight excluding hydrogens is 253 g/mol. The van der Waals surface area contributed by atoms with Gasteiger partial charge in [-0.15, -0.1) is 0 Å². The molecule has 1 heterocycles. The second-order valence-corrected chi connectivity index (χ2v) is 4.84. The number of pyridine rings is 1. The zero-order valence-corrected chi connectivity index (χ0v) is 11.4. The topological polar surface area (TPSA) is 22.1 Å². The first-order chi connectivity index (χ1) is 9.63. The first kappa shape index (κ1) is 12.6. The highest BCUT2D eigenvalue weighted by Crippen LogP contribution is 2.31. The lowest BCUT2D eigenvalue weighted by Gasteiger charge is -2.11. The van der Waals surface area contributed by atoms with Gasteiger partial charge >= 0.3 is 0 Å². The molecule has 1 aromatic heterocycles. The summed E-state index contributed by atoms with van der Waals surface area (Å²) in [5.41, 5.74) is 3.19. The number of hydrogen-bond acceptors (Lipinski definition) is 2. The lowest BCUT2D eigenvalue weighted by molar-refractivity contribution is 0.485. The smallest absolute Gasteiger partial charge is 0.138 e. The van der Waals surface area contributed by atoms with Gasteiger partial charge in [0.1, 0.15) is 17.3 Å². The highest BCUT2D eigenvalue weighted by atomic mass is 19.1. The van der Waals surface area contributed by atoms with Crippen LogP contribution in [0.15, 0.2) is 48.7 Å². The van der Waals surface area contributed by atoms with E-state index in [0.717, 1.165) is 22.2 Å². The minimum atomic E-state index is -0.274. The molecule has 0 aliphatic rings. The second-order valence-electron chi connectivity index (χ2n) is 4.84. The zero-order chi connectivity index (χ0) is 14.1. The van der Waals surface area contributed by atoms with Crippen LogP contribution in [0.4, 0.5) is 4.39 Å². The quantitative estimate of drug-likeness (QED) is 0.666.